The number of sulfonamides is 1. The largest absolute Gasteiger partial charge is 0.292 e. The smallest absolute Gasteiger partial charge is 0.262 e. The number of carbonyl (C=O) groups is 1. The summed E-state index contributed by atoms with van der Waals surface area (Å²) in [5, 5.41) is 2.27. The first-order valence-corrected chi connectivity index (χ1v) is 10.00. The first kappa shape index (κ1) is 17.3. The van der Waals surface area contributed by atoms with E-state index in [1.54, 1.807) is 35.7 Å². The first-order chi connectivity index (χ1) is 11.8. The van der Waals surface area contributed by atoms with E-state index in [-0.39, 0.29) is 17.9 Å². The van der Waals surface area contributed by atoms with Crippen molar-refractivity contribution in [3.05, 3.63) is 58.0 Å². The molecule has 130 valence electrons. The third kappa shape index (κ3) is 3.47. The predicted octanol–water partition coefficient (Wildman–Crippen LogP) is 1.74. The lowest BCUT2D eigenvalue weighted by Crippen LogP contribution is -2.25. The summed E-state index contributed by atoms with van der Waals surface area (Å²) >= 11 is 1.37. The Morgan fingerprint density at radius 1 is 1.24 bits per heavy atom. The highest BCUT2D eigenvalue weighted by atomic mass is 32.2. The van der Waals surface area contributed by atoms with Gasteiger partial charge in [-0.05, 0) is 35.7 Å². The van der Waals surface area contributed by atoms with Gasteiger partial charge in [0.25, 0.3) is 5.56 Å². The number of anilines is 1. The van der Waals surface area contributed by atoms with Crippen molar-refractivity contribution in [3.63, 3.8) is 0 Å². The number of Topliss-reactive ketones (excluding diaryl/α,β-unsaturated/α-hetero) is 1. The molecule has 0 aliphatic rings. The van der Waals surface area contributed by atoms with Crippen molar-refractivity contribution in [1.82, 2.24) is 9.55 Å². The molecule has 0 amide bonds. The van der Waals surface area contributed by atoms with E-state index in [4.69, 9.17) is 0 Å². The van der Waals surface area contributed by atoms with Gasteiger partial charge in [0, 0.05) is 12.6 Å². The number of aromatic nitrogens is 2. The molecule has 0 bridgehead atoms. The molecule has 0 spiro atoms. The Kier molecular flexibility index (Phi) is 4.44. The highest BCUT2D eigenvalue weighted by molar-refractivity contribution is 7.92. The van der Waals surface area contributed by atoms with E-state index in [0.29, 0.717) is 21.5 Å². The number of fused-ring (bicyclic) bond motifs is 1. The van der Waals surface area contributed by atoms with Crippen molar-refractivity contribution >= 4 is 43.0 Å². The molecular formula is C16H15N3O4S2. The van der Waals surface area contributed by atoms with E-state index in [1.165, 1.54) is 29.3 Å². The van der Waals surface area contributed by atoms with E-state index in [9.17, 15) is 18.0 Å². The van der Waals surface area contributed by atoms with Crippen molar-refractivity contribution < 1.29 is 13.2 Å². The Hall–Kier alpha value is -2.52. The number of thiophene rings is 1. The van der Waals surface area contributed by atoms with Crippen molar-refractivity contribution in [2.45, 2.75) is 6.54 Å². The van der Waals surface area contributed by atoms with Crippen LogP contribution in [-0.2, 0) is 16.6 Å². The summed E-state index contributed by atoms with van der Waals surface area (Å²) in [4.78, 5) is 29.5. The van der Waals surface area contributed by atoms with Crippen molar-refractivity contribution in [1.29, 1.82) is 0 Å². The number of rotatable bonds is 5. The van der Waals surface area contributed by atoms with E-state index in [2.05, 4.69) is 4.98 Å². The molecule has 25 heavy (non-hydrogen) atoms. The van der Waals surface area contributed by atoms with Gasteiger partial charge in [-0.25, -0.2) is 13.4 Å². The molecule has 0 saturated carbocycles. The fraction of sp³-hybridized carbons (Fsp3) is 0.188. The van der Waals surface area contributed by atoms with Gasteiger partial charge < -0.3 is 0 Å². The van der Waals surface area contributed by atoms with Crippen LogP contribution in [0.15, 0.2) is 46.8 Å². The zero-order valence-electron chi connectivity index (χ0n) is 13.5. The highest BCUT2D eigenvalue weighted by Crippen LogP contribution is 2.17. The van der Waals surface area contributed by atoms with Gasteiger partial charge in [-0.15, -0.1) is 11.3 Å². The molecule has 0 radical (unpaired) electrons. The number of hydrogen-bond acceptors (Lipinski definition) is 6. The molecule has 7 nitrogen and oxygen atoms in total. The van der Waals surface area contributed by atoms with Gasteiger partial charge in [0.15, 0.2) is 5.78 Å². The molecule has 0 aliphatic heterocycles. The topological polar surface area (TPSA) is 89.3 Å². The van der Waals surface area contributed by atoms with Crippen LogP contribution in [0, 0.1) is 0 Å². The molecular weight excluding hydrogens is 362 g/mol. The molecule has 9 heteroatoms. The lowest BCUT2D eigenvalue weighted by molar-refractivity contribution is 0.0970. The second kappa shape index (κ2) is 6.41. The second-order valence-electron chi connectivity index (χ2n) is 5.52. The molecule has 3 rings (SSSR count). The van der Waals surface area contributed by atoms with Crippen molar-refractivity contribution in [2.75, 3.05) is 17.6 Å². The molecule has 0 atom stereocenters. The Balaban J connectivity index is 1.83. The monoisotopic (exact) mass is 377 g/mol. The third-order valence-corrected chi connectivity index (χ3v) is 5.84. The van der Waals surface area contributed by atoms with Gasteiger partial charge in [0.1, 0.15) is 4.83 Å². The van der Waals surface area contributed by atoms with Crippen molar-refractivity contribution in [3.8, 4) is 0 Å². The number of carbonyl (C=O) groups excluding carboxylic acids is 1. The van der Waals surface area contributed by atoms with Gasteiger partial charge in [-0.1, -0.05) is 0 Å². The quantitative estimate of drug-likeness (QED) is 0.632. The van der Waals surface area contributed by atoms with Crippen LogP contribution in [0.3, 0.4) is 0 Å². The van der Waals surface area contributed by atoms with Crippen molar-refractivity contribution in [2.24, 2.45) is 0 Å². The molecule has 2 aromatic heterocycles. The number of benzene rings is 1. The molecule has 0 aliphatic carbocycles. The third-order valence-electron chi connectivity index (χ3n) is 3.81. The number of nitrogens with zero attached hydrogens (tertiary/aromatic N) is 3. The van der Waals surface area contributed by atoms with Gasteiger partial charge in [0.05, 0.1) is 30.2 Å². The standard InChI is InChI=1S/C16H15N3O4S2/c1-18(25(2,22)23)12-5-3-11(4-6-12)14(20)9-19-10-17-15-13(16(19)21)7-8-24-15/h3-8,10H,9H2,1-2H3. The molecule has 2 heterocycles. The average molecular weight is 377 g/mol. The lowest BCUT2D eigenvalue weighted by Gasteiger charge is -2.16. The van der Waals surface area contributed by atoms with Crippen LogP contribution in [0.4, 0.5) is 5.69 Å². The number of ketones is 1. The second-order valence-corrected chi connectivity index (χ2v) is 8.43. The van der Waals surface area contributed by atoms with Crippen LogP contribution in [0.5, 0.6) is 0 Å². The predicted molar refractivity (Wildman–Crippen MR) is 97.9 cm³/mol. The summed E-state index contributed by atoms with van der Waals surface area (Å²) in [6, 6.07) is 7.88. The highest BCUT2D eigenvalue weighted by Gasteiger charge is 2.14. The minimum atomic E-state index is -3.36. The molecule has 3 aromatic rings. The van der Waals surface area contributed by atoms with Crippen LogP contribution in [0.25, 0.3) is 10.2 Å². The summed E-state index contributed by atoms with van der Waals surface area (Å²) in [6.45, 7) is -0.126. The molecule has 0 N–H and O–H groups in total. The maximum atomic E-state index is 12.4. The van der Waals surface area contributed by atoms with Crippen LogP contribution < -0.4 is 9.86 Å². The Morgan fingerprint density at radius 3 is 2.56 bits per heavy atom. The van der Waals surface area contributed by atoms with E-state index in [0.717, 1.165) is 10.6 Å². The minimum Gasteiger partial charge on any atom is -0.292 e. The first-order valence-electron chi connectivity index (χ1n) is 7.27. The average Bonchev–Trinajstić information content (AvgIpc) is 3.05. The van der Waals surface area contributed by atoms with Gasteiger partial charge >= 0.3 is 0 Å². The van der Waals surface area contributed by atoms with Gasteiger partial charge in [-0.2, -0.15) is 0 Å². The minimum absolute atomic E-state index is 0.126. The molecule has 0 unspecified atom stereocenters. The van der Waals surface area contributed by atoms with Crippen LogP contribution in [-0.4, -0.2) is 37.1 Å². The lowest BCUT2D eigenvalue weighted by atomic mass is 10.1. The van der Waals surface area contributed by atoms with Crippen LogP contribution >= 0.6 is 11.3 Å². The molecule has 1 aromatic carbocycles. The van der Waals surface area contributed by atoms with E-state index < -0.39 is 10.0 Å². The molecule has 0 fully saturated rings. The summed E-state index contributed by atoms with van der Waals surface area (Å²) in [7, 11) is -1.92. The fourth-order valence-corrected chi connectivity index (χ4v) is 3.53. The maximum absolute atomic E-state index is 12.4. The summed E-state index contributed by atoms with van der Waals surface area (Å²) < 4.78 is 25.5. The zero-order valence-corrected chi connectivity index (χ0v) is 15.2. The Bertz CT molecular complexity index is 1100. The fourth-order valence-electron chi connectivity index (χ4n) is 2.30. The zero-order chi connectivity index (χ0) is 18.2. The Morgan fingerprint density at radius 2 is 1.92 bits per heavy atom. The Labute approximate surface area is 148 Å². The van der Waals surface area contributed by atoms with Crippen LogP contribution in [0.2, 0.25) is 0 Å². The van der Waals surface area contributed by atoms with Gasteiger partial charge in [-0.3, -0.25) is 18.5 Å². The summed E-state index contributed by atoms with van der Waals surface area (Å²) in [5.41, 5.74) is 0.591. The van der Waals surface area contributed by atoms with E-state index >= 15 is 0 Å². The van der Waals surface area contributed by atoms with Crippen LogP contribution in [0.1, 0.15) is 10.4 Å². The van der Waals surface area contributed by atoms with E-state index in [1.807, 2.05) is 0 Å². The summed E-state index contributed by atoms with van der Waals surface area (Å²) in [5.74, 6) is -0.257. The molecule has 0 saturated heterocycles. The van der Waals surface area contributed by atoms with Gasteiger partial charge in [0.2, 0.25) is 10.0 Å². The maximum Gasteiger partial charge on any atom is 0.262 e. The normalized spacial score (nSPS) is 11.6. The summed E-state index contributed by atoms with van der Waals surface area (Å²) in [6.07, 6.45) is 2.47. The SMILES string of the molecule is CN(c1ccc(C(=O)Cn2cnc3sccc3c2=O)cc1)S(C)(=O)=O. The number of hydrogen-bond donors (Lipinski definition) is 0.